The number of carbonyl (C=O) groups is 1. The van der Waals surface area contributed by atoms with Crippen molar-refractivity contribution in [2.45, 2.75) is 39.7 Å². The quantitative estimate of drug-likeness (QED) is 0.544. The average Bonchev–Trinajstić information content (AvgIpc) is 3.29. The van der Waals surface area contributed by atoms with E-state index in [9.17, 15) is 4.79 Å². The molecule has 0 aliphatic carbocycles. The highest BCUT2D eigenvalue weighted by Gasteiger charge is 2.35. The lowest BCUT2D eigenvalue weighted by Gasteiger charge is -2.35. The fourth-order valence-electron chi connectivity index (χ4n) is 3.84. The summed E-state index contributed by atoms with van der Waals surface area (Å²) in [5.41, 5.74) is 4.60. The van der Waals surface area contributed by atoms with Gasteiger partial charge in [-0.05, 0) is 50.1 Å². The zero-order valence-corrected chi connectivity index (χ0v) is 18.9. The monoisotopic (exact) mass is 432 g/mol. The molecule has 2 aromatic carbocycles. The zero-order valence-electron chi connectivity index (χ0n) is 18.9. The first-order valence-corrected chi connectivity index (χ1v) is 10.9. The lowest BCUT2D eigenvalue weighted by atomic mass is 9.94. The maximum absolute atomic E-state index is 12.9. The number of unbranched alkanes of at least 4 members (excludes halogenated alkanes) is 1. The predicted molar refractivity (Wildman–Crippen MR) is 123 cm³/mol. The molecule has 2 heterocycles. The Labute approximate surface area is 188 Å². The summed E-state index contributed by atoms with van der Waals surface area (Å²) in [7, 11) is 1.63. The Balaban J connectivity index is 1.76. The molecule has 0 saturated heterocycles. The highest BCUT2D eigenvalue weighted by molar-refractivity contribution is 5.86. The highest BCUT2D eigenvalue weighted by atomic mass is 16.5. The van der Waals surface area contributed by atoms with Gasteiger partial charge in [0.2, 0.25) is 5.82 Å². The molecule has 4 rings (SSSR count). The molecule has 1 atom stereocenters. The zero-order chi connectivity index (χ0) is 22.7. The van der Waals surface area contributed by atoms with Crippen LogP contribution in [0.1, 0.15) is 49.7 Å². The molecule has 0 saturated carbocycles. The second-order valence-corrected chi connectivity index (χ2v) is 7.95. The van der Waals surface area contributed by atoms with Crippen LogP contribution in [0, 0.1) is 6.92 Å². The van der Waals surface area contributed by atoms with Crippen molar-refractivity contribution in [2.75, 3.05) is 13.7 Å². The Hall–Kier alpha value is -3.61. The van der Waals surface area contributed by atoms with E-state index in [1.165, 1.54) is 0 Å². The van der Waals surface area contributed by atoms with Crippen molar-refractivity contribution in [3.05, 3.63) is 71.2 Å². The number of hydrogen-bond donors (Lipinski definition) is 1. The fourth-order valence-corrected chi connectivity index (χ4v) is 3.84. The third kappa shape index (κ3) is 4.23. The van der Waals surface area contributed by atoms with Gasteiger partial charge in [0.25, 0.3) is 5.89 Å². The van der Waals surface area contributed by atoms with E-state index >= 15 is 0 Å². The first kappa shape index (κ1) is 21.6. The Morgan fingerprint density at radius 2 is 1.81 bits per heavy atom. The molecule has 7 nitrogen and oxygen atoms in total. The summed E-state index contributed by atoms with van der Waals surface area (Å²) in [6.07, 6.45) is 1.91. The van der Waals surface area contributed by atoms with Crippen LogP contribution in [0.3, 0.4) is 0 Å². The third-order valence-electron chi connectivity index (χ3n) is 5.75. The van der Waals surface area contributed by atoms with Crippen molar-refractivity contribution in [1.82, 2.24) is 20.4 Å². The van der Waals surface area contributed by atoms with Gasteiger partial charge in [0, 0.05) is 17.8 Å². The van der Waals surface area contributed by atoms with Crippen LogP contribution in [0.4, 0.5) is 4.79 Å². The van der Waals surface area contributed by atoms with Gasteiger partial charge in [0.1, 0.15) is 5.75 Å². The van der Waals surface area contributed by atoms with Crippen molar-refractivity contribution >= 4 is 11.6 Å². The van der Waals surface area contributed by atoms with Crippen LogP contribution in [-0.2, 0) is 0 Å². The molecule has 1 aliphatic heterocycles. The fraction of sp³-hybridized carbons (Fsp3) is 0.320. The number of nitrogens with one attached hydrogen (secondary N) is 1. The molecule has 0 fully saturated rings. The number of benzene rings is 2. The Kier molecular flexibility index (Phi) is 6.25. The summed E-state index contributed by atoms with van der Waals surface area (Å²) in [5.74, 6) is 1.65. The summed E-state index contributed by atoms with van der Waals surface area (Å²) >= 11 is 0. The number of methoxy groups -OCH3 is 1. The summed E-state index contributed by atoms with van der Waals surface area (Å²) in [6.45, 7) is 6.73. The lowest BCUT2D eigenvalue weighted by Crippen LogP contribution is -2.46. The maximum atomic E-state index is 12.9. The number of ether oxygens (including phenoxy) is 1. The second-order valence-electron chi connectivity index (χ2n) is 7.95. The smallest absolute Gasteiger partial charge is 0.322 e. The number of allylic oxidation sites excluding steroid dienone is 1. The van der Waals surface area contributed by atoms with Gasteiger partial charge in [0.05, 0.1) is 18.7 Å². The van der Waals surface area contributed by atoms with Crippen molar-refractivity contribution in [3.8, 4) is 17.1 Å². The summed E-state index contributed by atoms with van der Waals surface area (Å²) in [4.78, 5) is 19.4. The van der Waals surface area contributed by atoms with Gasteiger partial charge in [-0.25, -0.2) is 4.79 Å². The van der Waals surface area contributed by atoms with Crippen LogP contribution in [-0.4, -0.2) is 34.7 Å². The van der Waals surface area contributed by atoms with E-state index in [1.54, 1.807) is 12.0 Å². The Bertz CT molecular complexity index is 1120. The van der Waals surface area contributed by atoms with Crippen molar-refractivity contribution in [3.63, 3.8) is 0 Å². The third-order valence-corrected chi connectivity index (χ3v) is 5.75. The normalized spacial score (nSPS) is 16.3. The molecule has 0 radical (unpaired) electrons. The van der Waals surface area contributed by atoms with E-state index in [0.717, 1.165) is 46.6 Å². The van der Waals surface area contributed by atoms with Crippen LogP contribution < -0.4 is 10.1 Å². The summed E-state index contributed by atoms with van der Waals surface area (Å²) in [6, 6.07) is 15.1. The van der Waals surface area contributed by atoms with E-state index in [1.807, 2.05) is 62.4 Å². The van der Waals surface area contributed by atoms with Gasteiger partial charge >= 0.3 is 6.03 Å². The van der Waals surface area contributed by atoms with Gasteiger partial charge < -0.3 is 14.6 Å². The molecule has 1 unspecified atom stereocenters. The van der Waals surface area contributed by atoms with Gasteiger partial charge in [-0.2, -0.15) is 4.98 Å². The average molecular weight is 433 g/mol. The Morgan fingerprint density at radius 3 is 2.47 bits per heavy atom. The number of aryl methyl sites for hydroxylation is 1. The van der Waals surface area contributed by atoms with Crippen molar-refractivity contribution in [1.29, 1.82) is 0 Å². The van der Waals surface area contributed by atoms with Crippen LogP contribution in [0.5, 0.6) is 5.75 Å². The molecular formula is C25H28N4O3. The van der Waals surface area contributed by atoms with E-state index in [4.69, 9.17) is 9.26 Å². The van der Waals surface area contributed by atoms with Gasteiger partial charge in [-0.15, -0.1) is 0 Å². The molecule has 3 aromatic rings. The molecule has 0 bridgehead atoms. The number of carbonyl (C=O) groups excluding carboxylic acids is 1. The molecule has 7 heteroatoms. The maximum Gasteiger partial charge on any atom is 0.322 e. The topological polar surface area (TPSA) is 80.5 Å². The molecule has 1 N–H and O–H groups in total. The van der Waals surface area contributed by atoms with Crippen LogP contribution >= 0.6 is 0 Å². The van der Waals surface area contributed by atoms with Crippen molar-refractivity contribution < 1.29 is 14.1 Å². The van der Waals surface area contributed by atoms with E-state index in [2.05, 4.69) is 22.4 Å². The van der Waals surface area contributed by atoms with Gasteiger partial charge in [-0.3, -0.25) is 4.90 Å². The minimum absolute atomic E-state index is 0.111. The highest BCUT2D eigenvalue weighted by Crippen LogP contribution is 2.37. The predicted octanol–water partition coefficient (Wildman–Crippen LogP) is 5.35. The standard InChI is InChI=1S/C25H28N4O3/c1-5-6-15-29-17(3)21(22(26-25(29)30)18-9-7-16(2)8-10-18)24-27-23(28-32-24)19-11-13-20(31-4)14-12-19/h7-14,22H,5-6,15H2,1-4H3,(H,26,30). The molecule has 32 heavy (non-hydrogen) atoms. The molecule has 0 spiro atoms. The number of rotatable bonds is 7. The molecule has 2 amide bonds. The number of aromatic nitrogens is 2. The van der Waals surface area contributed by atoms with Gasteiger partial charge in [-0.1, -0.05) is 48.3 Å². The van der Waals surface area contributed by atoms with Crippen LogP contribution in [0.15, 0.2) is 58.8 Å². The van der Waals surface area contributed by atoms with Crippen LogP contribution in [0.25, 0.3) is 17.0 Å². The van der Waals surface area contributed by atoms with E-state index in [-0.39, 0.29) is 12.1 Å². The minimum atomic E-state index is -0.370. The van der Waals surface area contributed by atoms with E-state index < -0.39 is 0 Å². The number of amides is 2. The van der Waals surface area contributed by atoms with Gasteiger partial charge in [0.15, 0.2) is 0 Å². The minimum Gasteiger partial charge on any atom is -0.497 e. The van der Waals surface area contributed by atoms with Crippen molar-refractivity contribution in [2.24, 2.45) is 0 Å². The first-order chi connectivity index (χ1) is 15.5. The number of nitrogens with zero attached hydrogens (tertiary/aromatic N) is 3. The molecule has 166 valence electrons. The number of hydrogen-bond acceptors (Lipinski definition) is 5. The number of urea groups is 1. The first-order valence-electron chi connectivity index (χ1n) is 10.9. The molecule has 1 aromatic heterocycles. The Morgan fingerprint density at radius 1 is 1.09 bits per heavy atom. The summed E-state index contributed by atoms with van der Waals surface area (Å²) < 4.78 is 10.9. The van der Waals surface area contributed by atoms with Crippen LogP contribution in [0.2, 0.25) is 0 Å². The SMILES string of the molecule is CCCCN1C(=O)NC(c2ccc(C)cc2)C(c2nc(-c3ccc(OC)cc3)no2)=C1C. The summed E-state index contributed by atoms with van der Waals surface area (Å²) in [5, 5.41) is 7.35. The van der Waals surface area contributed by atoms with E-state index in [0.29, 0.717) is 18.3 Å². The lowest BCUT2D eigenvalue weighted by molar-refractivity contribution is 0.204. The second kappa shape index (κ2) is 9.26. The largest absolute Gasteiger partial charge is 0.497 e. The molecule has 1 aliphatic rings. The molecular weight excluding hydrogens is 404 g/mol.